The minimum Gasteiger partial charge on any atom is -0.459 e. The van der Waals surface area contributed by atoms with E-state index < -0.39 is 22.0 Å². The van der Waals surface area contributed by atoms with E-state index in [0.717, 1.165) is 0 Å². The second-order valence-corrected chi connectivity index (χ2v) is 9.89. The number of piperidine rings is 1. The summed E-state index contributed by atoms with van der Waals surface area (Å²) in [7, 11) is -3.80. The van der Waals surface area contributed by atoms with E-state index in [0.29, 0.717) is 31.6 Å². The van der Waals surface area contributed by atoms with E-state index in [1.54, 1.807) is 11.0 Å². The number of sulfonamides is 1. The molecule has 0 unspecified atom stereocenters. The molecule has 1 aliphatic rings. The smallest absolute Gasteiger partial charge is 0.287 e. The van der Waals surface area contributed by atoms with Gasteiger partial charge in [-0.1, -0.05) is 13.8 Å². The fourth-order valence-corrected chi connectivity index (χ4v) is 4.18. The van der Waals surface area contributed by atoms with Gasteiger partial charge >= 0.3 is 0 Å². The quantitative estimate of drug-likeness (QED) is 0.551. The molecule has 1 fully saturated rings. The van der Waals surface area contributed by atoms with Gasteiger partial charge in [0.15, 0.2) is 5.76 Å². The Morgan fingerprint density at radius 2 is 1.73 bits per heavy atom. The molecule has 0 saturated carbocycles. The van der Waals surface area contributed by atoms with Crippen LogP contribution in [0.15, 0.2) is 52.0 Å². The van der Waals surface area contributed by atoms with Crippen LogP contribution in [0.3, 0.4) is 0 Å². The molecule has 2 aromatic rings. The molecule has 11 heteroatoms. The van der Waals surface area contributed by atoms with Crippen molar-refractivity contribution in [1.29, 1.82) is 0 Å². The molecular formula is C22H28N4O6S. The number of nitrogens with one attached hydrogen (secondary N) is 2. The molecule has 33 heavy (non-hydrogen) atoms. The minimum atomic E-state index is -3.80. The van der Waals surface area contributed by atoms with Crippen LogP contribution in [0.2, 0.25) is 0 Å². The number of nitrogens with two attached hydrogens (primary N) is 1. The second kappa shape index (κ2) is 10.2. The van der Waals surface area contributed by atoms with E-state index in [1.807, 2.05) is 13.8 Å². The number of carbonyl (C=O) groups is 3. The highest BCUT2D eigenvalue weighted by Crippen LogP contribution is 2.22. The number of carbonyl (C=O) groups excluding carboxylic acids is 3. The largest absolute Gasteiger partial charge is 0.459 e. The molecule has 3 rings (SSSR count). The zero-order valence-corrected chi connectivity index (χ0v) is 19.3. The van der Waals surface area contributed by atoms with Crippen LogP contribution in [-0.4, -0.2) is 50.2 Å². The Labute approximate surface area is 192 Å². The molecule has 4 N–H and O–H groups in total. The van der Waals surface area contributed by atoms with Crippen molar-refractivity contribution in [3.63, 3.8) is 0 Å². The first kappa shape index (κ1) is 24.5. The number of primary sulfonamides is 1. The van der Waals surface area contributed by atoms with E-state index in [4.69, 9.17) is 9.56 Å². The molecular weight excluding hydrogens is 448 g/mol. The van der Waals surface area contributed by atoms with E-state index in [2.05, 4.69) is 10.6 Å². The van der Waals surface area contributed by atoms with E-state index in [1.165, 1.54) is 36.6 Å². The lowest BCUT2D eigenvalue weighted by atomic mass is 9.94. The van der Waals surface area contributed by atoms with Crippen molar-refractivity contribution in [3.05, 3.63) is 48.4 Å². The third kappa shape index (κ3) is 6.20. The van der Waals surface area contributed by atoms with Crippen LogP contribution < -0.4 is 15.8 Å². The molecule has 0 radical (unpaired) electrons. The van der Waals surface area contributed by atoms with E-state index in [9.17, 15) is 22.8 Å². The van der Waals surface area contributed by atoms with Gasteiger partial charge in [0.25, 0.3) is 5.91 Å². The third-order valence-corrected chi connectivity index (χ3v) is 6.52. The van der Waals surface area contributed by atoms with Gasteiger partial charge in [-0.2, -0.15) is 0 Å². The molecule has 1 aromatic heterocycles. The highest BCUT2D eigenvalue weighted by molar-refractivity contribution is 7.89. The Morgan fingerprint density at radius 1 is 1.09 bits per heavy atom. The summed E-state index contributed by atoms with van der Waals surface area (Å²) in [6, 6.07) is 8.04. The fraction of sp³-hybridized carbons (Fsp3) is 0.409. The van der Waals surface area contributed by atoms with Crippen LogP contribution >= 0.6 is 0 Å². The number of hydrogen-bond acceptors (Lipinski definition) is 6. The predicted octanol–water partition coefficient (Wildman–Crippen LogP) is 1.56. The molecule has 2 heterocycles. The van der Waals surface area contributed by atoms with Crippen LogP contribution in [0.1, 0.15) is 37.2 Å². The Hall–Kier alpha value is -3.18. The molecule has 0 bridgehead atoms. The zero-order valence-electron chi connectivity index (χ0n) is 18.5. The molecule has 1 saturated heterocycles. The number of anilines is 1. The van der Waals surface area contributed by atoms with Crippen molar-refractivity contribution in [2.45, 2.75) is 37.6 Å². The standard InChI is InChI=1S/C22H28N4O6S/c1-14(2)19(25-21(28)18-4-3-13-32-18)22(29)26-11-9-15(10-12-26)20(27)24-16-5-7-17(8-6-16)33(23,30)31/h3-8,13-15,19H,9-12H2,1-2H3,(H,24,27)(H,25,28)(H2,23,30,31)/t19-/m0/s1. The lowest BCUT2D eigenvalue weighted by molar-refractivity contribution is -0.137. The molecule has 0 spiro atoms. The van der Waals surface area contributed by atoms with Crippen LogP contribution in [0.25, 0.3) is 0 Å². The molecule has 0 aliphatic carbocycles. The Balaban J connectivity index is 1.54. The minimum absolute atomic E-state index is 0.0360. The van der Waals surface area contributed by atoms with E-state index in [-0.39, 0.29) is 34.3 Å². The van der Waals surface area contributed by atoms with Crippen molar-refractivity contribution >= 4 is 33.4 Å². The normalized spacial score (nSPS) is 15.8. The first-order valence-corrected chi connectivity index (χ1v) is 12.2. The lowest BCUT2D eigenvalue weighted by Crippen LogP contribution is -2.53. The average molecular weight is 477 g/mol. The number of rotatable bonds is 7. The zero-order chi connectivity index (χ0) is 24.2. The number of nitrogens with zero attached hydrogens (tertiary/aromatic N) is 1. The maximum absolute atomic E-state index is 13.0. The van der Waals surface area contributed by atoms with Crippen LogP contribution in [-0.2, 0) is 19.6 Å². The molecule has 10 nitrogen and oxygen atoms in total. The summed E-state index contributed by atoms with van der Waals surface area (Å²) in [4.78, 5) is 39.6. The van der Waals surface area contributed by atoms with E-state index >= 15 is 0 Å². The summed E-state index contributed by atoms with van der Waals surface area (Å²) >= 11 is 0. The molecule has 1 aliphatic heterocycles. The molecule has 1 atom stereocenters. The lowest BCUT2D eigenvalue weighted by Gasteiger charge is -2.34. The summed E-state index contributed by atoms with van der Waals surface area (Å²) in [5.41, 5.74) is 0.464. The summed E-state index contributed by atoms with van der Waals surface area (Å²) in [5.74, 6) is -1.12. The van der Waals surface area contributed by atoms with Gasteiger partial charge in [-0.3, -0.25) is 14.4 Å². The van der Waals surface area contributed by atoms with Crippen LogP contribution in [0.4, 0.5) is 5.69 Å². The first-order valence-electron chi connectivity index (χ1n) is 10.6. The summed E-state index contributed by atoms with van der Waals surface area (Å²) in [5, 5.41) is 10.6. The molecule has 1 aromatic carbocycles. The summed E-state index contributed by atoms with van der Waals surface area (Å²) in [6.45, 7) is 4.49. The van der Waals surface area contributed by atoms with Gasteiger partial charge in [-0.15, -0.1) is 0 Å². The number of benzene rings is 1. The topological polar surface area (TPSA) is 152 Å². The SMILES string of the molecule is CC(C)[C@H](NC(=O)c1ccco1)C(=O)N1CCC(C(=O)Nc2ccc(S(N)(=O)=O)cc2)CC1. The predicted molar refractivity (Wildman–Crippen MR) is 121 cm³/mol. The Morgan fingerprint density at radius 3 is 2.24 bits per heavy atom. The second-order valence-electron chi connectivity index (χ2n) is 8.33. The van der Waals surface area contributed by atoms with Gasteiger partial charge < -0.3 is 20.0 Å². The number of likely N-dealkylation sites (tertiary alicyclic amines) is 1. The van der Waals surface area contributed by atoms with Crippen molar-refractivity contribution < 1.29 is 27.2 Å². The first-order chi connectivity index (χ1) is 15.6. The van der Waals surface area contributed by atoms with Crippen LogP contribution in [0.5, 0.6) is 0 Å². The number of amides is 3. The Kier molecular flexibility index (Phi) is 7.54. The highest BCUT2D eigenvalue weighted by atomic mass is 32.2. The van der Waals surface area contributed by atoms with Gasteiger partial charge in [0.05, 0.1) is 11.2 Å². The van der Waals surface area contributed by atoms with Crippen molar-refractivity contribution in [2.75, 3.05) is 18.4 Å². The number of hydrogen-bond donors (Lipinski definition) is 3. The third-order valence-electron chi connectivity index (χ3n) is 5.59. The molecule has 3 amide bonds. The summed E-state index contributed by atoms with van der Waals surface area (Å²) in [6.07, 6.45) is 2.35. The van der Waals surface area contributed by atoms with Crippen LogP contribution in [0, 0.1) is 11.8 Å². The highest BCUT2D eigenvalue weighted by Gasteiger charge is 2.33. The Bertz CT molecular complexity index is 1090. The van der Waals surface area contributed by atoms with Crippen molar-refractivity contribution in [1.82, 2.24) is 10.2 Å². The summed E-state index contributed by atoms with van der Waals surface area (Å²) < 4.78 is 27.8. The van der Waals surface area contributed by atoms with Crippen molar-refractivity contribution in [3.8, 4) is 0 Å². The average Bonchev–Trinajstić information content (AvgIpc) is 3.31. The van der Waals surface area contributed by atoms with Gasteiger partial charge in [-0.25, -0.2) is 13.6 Å². The monoisotopic (exact) mass is 476 g/mol. The van der Waals surface area contributed by atoms with Gasteiger partial charge in [-0.05, 0) is 55.2 Å². The fourth-order valence-electron chi connectivity index (χ4n) is 3.66. The van der Waals surface area contributed by atoms with Gasteiger partial charge in [0, 0.05) is 24.7 Å². The van der Waals surface area contributed by atoms with Gasteiger partial charge in [0.1, 0.15) is 6.04 Å². The maximum atomic E-state index is 13.0. The number of furan rings is 1. The maximum Gasteiger partial charge on any atom is 0.287 e. The molecule has 178 valence electrons. The van der Waals surface area contributed by atoms with Gasteiger partial charge in [0.2, 0.25) is 21.8 Å². The van der Waals surface area contributed by atoms with Crippen molar-refractivity contribution in [2.24, 2.45) is 17.0 Å².